The summed E-state index contributed by atoms with van der Waals surface area (Å²) in [7, 11) is 1.24. The zero-order chi connectivity index (χ0) is 10.9. The quantitative estimate of drug-likeness (QED) is 0.761. The van der Waals surface area contributed by atoms with Crippen LogP contribution in [-0.4, -0.2) is 18.2 Å². The molecule has 0 unspecified atom stereocenters. The maximum atomic E-state index is 11.2. The highest BCUT2D eigenvalue weighted by molar-refractivity contribution is 6.38. The van der Waals surface area contributed by atoms with Gasteiger partial charge in [-0.2, -0.15) is 0 Å². The van der Waals surface area contributed by atoms with E-state index in [-0.39, 0.29) is 21.4 Å². The third-order valence-corrected chi connectivity index (χ3v) is 2.77. The standard InChI is InChI=1S/C9H8Cl2O3/c1-4-7(10)5(9(13)14-2)3-6(12)8(4)11/h3,12H,1-2H3. The first-order valence-electron chi connectivity index (χ1n) is 3.75. The lowest BCUT2D eigenvalue weighted by molar-refractivity contribution is 0.0600. The van der Waals surface area contributed by atoms with Crippen LogP contribution in [0, 0.1) is 6.92 Å². The summed E-state index contributed by atoms with van der Waals surface area (Å²) in [6.45, 7) is 1.61. The van der Waals surface area contributed by atoms with Crippen molar-refractivity contribution in [3.63, 3.8) is 0 Å². The van der Waals surface area contributed by atoms with Crippen molar-refractivity contribution in [1.29, 1.82) is 0 Å². The Morgan fingerprint density at radius 1 is 1.43 bits per heavy atom. The van der Waals surface area contributed by atoms with Crippen LogP contribution in [0.5, 0.6) is 5.75 Å². The maximum absolute atomic E-state index is 11.2. The molecule has 0 aliphatic rings. The van der Waals surface area contributed by atoms with Crippen LogP contribution in [0.15, 0.2) is 6.07 Å². The summed E-state index contributed by atoms with van der Waals surface area (Å²) in [5.41, 5.74) is 0.558. The molecule has 1 rings (SSSR count). The van der Waals surface area contributed by atoms with Gasteiger partial charge in [-0.1, -0.05) is 23.2 Å². The molecule has 0 saturated heterocycles. The van der Waals surface area contributed by atoms with Crippen LogP contribution < -0.4 is 0 Å². The molecule has 1 N–H and O–H groups in total. The Morgan fingerprint density at radius 3 is 2.50 bits per heavy atom. The van der Waals surface area contributed by atoms with Crippen molar-refractivity contribution in [2.45, 2.75) is 6.92 Å². The number of carbonyl (C=O) groups is 1. The number of phenols is 1. The van der Waals surface area contributed by atoms with E-state index in [1.807, 2.05) is 0 Å². The van der Waals surface area contributed by atoms with Crippen LogP contribution in [0.3, 0.4) is 0 Å². The fourth-order valence-corrected chi connectivity index (χ4v) is 1.44. The Morgan fingerprint density at radius 2 is 2.00 bits per heavy atom. The molecule has 0 radical (unpaired) electrons. The lowest BCUT2D eigenvalue weighted by Gasteiger charge is -2.08. The topological polar surface area (TPSA) is 46.5 Å². The molecule has 1 aromatic rings. The molecule has 1 aromatic carbocycles. The highest BCUT2D eigenvalue weighted by Crippen LogP contribution is 2.35. The van der Waals surface area contributed by atoms with Crippen molar-refractivity contribution in [3.05, 3.63) is 27.2 Å². The number of halogens is 2. The minimum Gasteiger partial charge on any atom is -0.506 e. The Bertz CT molecular complexity index is 388. The number of phenolic OH excluding ortho intramolecular Hbond substituents is 1. The highest BCUT2D eigenvalue weighted by atomic mass is 35.5. The molecule has 5 heteroatoms. The second-order valence-electron chi connectivity index (χ2n) is 2.69. The number of hydrogen-bond acceptors (Lipinski definition) is 3. The van der Waals surface area contributed by atoms with Gasteiger partial charge in [-0.3, -0.25) is 0 Å². The molecule has 0 heterocycles. The number of carbonyl (C=O) groups excluding carboxylic acids is 1. The lowest BCUT2D eigenvalue weighted by atomic mass is 10.1. The SMILES string of the molecule is COC(=O)c1cc(O)c(Cl)c(C)c1Cl. The van der Waals surface area contributed by atoms with Gasteiger partial charge in [-0.05, 0) is 18.6 Å². The Balaban J connectivity index is 3.40. The Labute approximate surface area is 91.2 Å². The van der Waals surface area contributed by atoms with Crippen molar-refractivity contribution in [3.8, 4) is 5.75 Å². The summed E-state index contributed by atoms with van der Waals surface area (Å²) in [6, 6.07) is 1.18. The third kappa shape index (κ3) is 1.79. The van der Waals surface area contributed by atoms with Crippen LogP contribution in [0.1, 0.15) is 15.9 Å². The van der Waals surface area contributed by atoms with Gasteiger partial charge in [0.25, 0.3) is 0 Å². The smallest absolute Gasteiger partial charge is 0.339 e. The summed E-state index contributed by atoms with van der Waals surface area (Å²) in [6.07, 6.45) is 0. The summed E-state index contributed by atoms with van der Waals surface area (Å²) >= 11 is 11.6. The van der Waals surface area contributed by atoms with E-state index in [9.17, 15) is 9.90 Å². The first-order valence-corrected chi connectivity index (χ1v) is 4.50. The van der Waals surface area contributed by atoms with E-state index >= 15 is 0 Å². The summed E-state index contributed by atoms with van der Waals surface area (Å²) in [5, 5.41) is 9.69. The maximum Gasteiger partial charge on any atom is 0.339 e. The second-order valence-corrected chi connectivity index (χ2v) is 3.44. The van der Waals surface area contributed by atoms with Gasteiger partial charge in [0, 0.05) is 0 Å². The molecule has 3 nitrogen and oxygen atoms in total. The van der Waals surface area contributed by atoms with Gasteiger partial charge in [0.2, 0.25) is 0 Å². The number of benzene rings is 1. The second kappa shape index (κ2) is 4.07. The van der Waals surface area contributed by atoms with Gasteiger partial charge in [0.15, 0.2) is 0 Å². The average molecular weight is 235 g/mol. The van der Waals surface area contributed by atoms with Crippen molar-refractivity contribution < 1.29 is 14.6 Å². The molecule has 0 aromatic heterocycles. The molecule has 0 aliphatic heterocycles. The van der Waals surface area contributed by atoms with E-state index in [4.69, 9.17) is 23.2 Å². The molecule has 0 bridgehead atoms. The van der Waals surface area contributed by atoms with Gasteiger partial charge >= 0.3 is 5.97 Å². The third-order valence-electron chi connectivity index (χ3n) is 1.81. The predicted octanol–water partition coefficient (Wildman–Crippen LogP) is 2.79. The number of hydrogen-bond donors (Lipinski definition) is 1. The minimum atomic E-state index is -0.606. The van der Waals surface area contributed by atoms with Gasteiger partial charge in [-0.15, -0.1) is 0 Å². The molecule has 0 amide bonds. The molecule has 0 spiro atoms. The zero-order valence-electron chi connectivity index (χ0n) is 7.60. The summed E-state index contributed by atoms with van der Waals surface area (Å²) < 4.78 is 4.49. The molecule has 76 valence electrons. The number of methoxy groups -OCH3 is 1. The summed E-state index contributed by atoms with van der Waals surface area (Å²) in [5.74, 6) is -0.793. The number of esters is 1. The normalized spacial score (nSPS) is 10.0. The molecule has 0 atom stereocenters. The van der Waals surface area contributed by atoms with Crippen molar-refractivity contribution >= 4 is 29.2 Å². The van der Waals surface area contributed by atoms with E-state index in [1.54, 1.807) is 6.92 Å². The first kappa shape index (κ1) is 11.1. The van der Waals surface area contributed by atoms with Crippen molar-refractivity contribution in [2.75, 3.05) is 7.11 Å². The molecule has 0 saturated carbocycles. The average Bonchev–Trinajstić information content (AvgIpc) is 2.19. The van der Waals surface area contributed by atoms with E-state index < -0.39 is 5.97 Å². The fourth-order valence-electron chi connectivity index (χ4n) is 1.01. The van der Waals surface area contributed by atoms with E-state index in [2.05, 4.69) is 4.74 Å². The minimum absolute atomic E-state index is 0.105. The van der Waals surface area contributed by atoms with Crippen LogP contribution >= 0.6 is 23.2 Å². The van der Waals surface area contributed by atoms with Crippen LogP contribution in [0.2, 0.25) is 10.0 Å². The van der Waals surface area contributed by atoms with Crippen molar-refractivity contribution in [1.82, 2.24) is 0 Å². The lowest BCUT2D eigenvalue weighted by Crippen LogP contribution is -2.03. The van der Waals surface area contributed by atoms with Crippen LogP contribution in [-0.2, 0) is 4.74 Å². The van der Waals surface area contributed by atoms with Gasteiger partial charge in [0.1, 0.15) is 5.75 Å². The molecular formula is C9H8Cl2O3. The largest absolute Gasteiger partial charge is 0.506 e. The molecule has 0 aliphatic carbocycles. The van der Waals surface area contributed by atoms with E-state index in [0.717, 1.165) is 0 Å². The zero-order valence-corrected chi connectivity index (χ0v) is 9.11. The van der Waals surface area contributed by atoms with E-state index in [1.165, 1.54) is 13.2 Å². The Hall–Kier alpha value is -0.930. The van der Waals surface area contributed by atoms with Gasteiger partial charge in [-0.25, -0.2) is 4.79 Å². The number of aromatic hydroxyl groups is 1. The Kier molecular flexibility index (Phi) is 3.24. The summed E-state index contributed by atoms with van der Waals surface area (Å²) in [4.78, 5) is 11.2. The first-order chi connectivity index (χ1) is 6.49. The number of ether oxygens (including phenoxy) is 1. The predicted molar refractivity (Wildman–Crippen MR) is 54.2 cm³/mol. The van der Waals surface area contributed by atoms with Gasteiger partial charge in [0.05, 0.1) is 22.7 Å². The molecule has 0 fully saturated rings. The van der Waals surface area contributed by atoms with E-state index in [0.29, 0.717) is 5.56 Å². The number of rotatable bonds is 1. The fraction of sp³-hybridized carbons (Fsp3) is 0.222. The monoisotopic (exact) mass is 234 g/mol. The van der Waals surface area contributed by atoms with Gasteiger partial charge < -0.3 is 9.84 Å². The van der Waals surface area contributed by atoms with Crippen LogP contribution in [0.4, 0.5) is 0 Å². The van der Waals surface area contributed by atoms with Crippen molar-refractivity contribution in [2.24, 2.45) is 0 Å². The molecule has 14 heavy (non-hydrogen) atoms. The van der Waals surface area contributed by atoms with Crippen LogP contribution in [0.25, 0.3) is 0 Å². The molecular weight excluding hydrogens is 227 g/mol. The highest BCUT2D eigenvalue weighted by Gasteiger charge is 2.17.